The quantitative estimate of drug-likeness (QED) is 0.404. The third-order valence-corrected chi connectivity index (χ3v) is 6.98. The van der Waals surface area contributed by atoms with Crippen molar-refractivity contribution < 1.29 is 37.5 Å². The Morgan fingerprint density at radius 3 is 2.75 bits per heavy atom. The van der Waals surface area contributed by atoms with Gasteiger partial charge in [0.25, 0.3) is 0 Å². The van der Waals surface area contributed by atoms with Crippen LogP contribution in [0.4, 0.5) is 0 Å². The minimum Gasteiger partial charge on any atom is -0.469 e. The largest absolute Gasteiger partial charge is 0.469 e. The fourth-order valence-electron chi connectivity index (χ4n) is 3.01. The summed E-state index contributed by atoms with van der Waals surface area (Å²) in [7, 11) is -2.47. The predicted molar refractivity (Wildman–Crippen MR) is 115 cm³/mol. The van der Waals surface area contributed by atoms with E-state index in [0.717, 1.165) is 5.69 Å². The van der Waals surface area contributed by atoms with Crippen molar-refractivity contribution in [2.45, 2.75) is 39.7 Å². The zero-order valence-corrected chi connectivity index (χ0v) is 19.8. The molecule has 32 heavy (non-hydrogen) atoms. The Morgan fingerprint density at radius 1 is 1.34 bits per heavy atom. The van der Waals surface area contributed by atoms with Gasteiger partial charge in [0.2, 0.25) is 5.91 Å². The number of pyridine rings is 1. The van der Waals surface area contributed by atoms with Crippen molar-refractivity contribution in [3.63, 3.8) is 0 Å². The standard InChI is InChI=1S/C21H31N2O8P/c1-15(20(26)29-12-9-16-7-5-6-10-22-16)13-32(27)30-14-21(2,3)18(31-32)19(25)23-11-8-17(24)28-4/h5-7,10,15,18H,8-9,11-14H2,1-4H3,(H,23,25)/t15-,18+,32?/m1/s1. The SMILES string of the molecule is COC(=O)CCNC(=O)[C@@H]1OP(=O)(C[C@@H](C)C(=O)OCCc2ccccn2)OCC1(C)C. The minimum absolute atomic E-state index is 0.00489. The van der Waals surface area contributed by atoms with Gasteiger partial charge in [0.15, 0.2) is 6.10 Å². The summed E-state index contributed by atoms with van der Waals surface area (Å²) in [6.45, 7) is 5.28. The van der Waals surface area contributed by atoms with Gasteiger partial charge in [-0.2, -0.15) is 0 Å². The third kappa shape index (κ3) is 7.69. The highest BCUT2D eigenvalue weighted by Gasteiger charge is 2.48. The molecule has 11 heteroatoms. The third-order valence-electron chi connectivity index (χ3n) is 4.93. The molecule has 1 amide bonds. The molecule has 0 spiro atoms. The maximum absolute atomic E-state index is 13.2. The first kappa shape index (κ1) is 26.0. The van der Waals surface area contributed by atoms with Crippen molar-refractivity contribution in [2.75, 3.05) is 33.0 Å². The van der Waals surface area contributed by atoms with Gasteiger partial charge in [0.1, 0.15) is 0 Å². The second-order valence-electron chi connectivity index (χ2n) is 8.30. The number of nitrogens with zero attached hydrogens (tertiary/aromatic N) is 1. The summed E-state index contributed by atoms with van der Waals surface area (Å²) < 4.78 is 34.1. The lowest BCUT2D eigenvalue weighted by atomic mass is 9.87. The monoisotopic (exact) mass is 470 g/mol. The van der Waals surface area contributed by atoms with Gasteiger partial charge in [-0.25, -0.2) is 0 Å². The first-order valence-electron chi connectivity index (χ1n) is 10.4. The lowest BCUT2D eigenvalue weighted by molar-refractivity contribution is -0.147. The summed E-state index contributed by atoms with van der Waals surface area (Å²) in [5.41, 5.74) is 0.0401. The smallest absolute Gasteiger partial charge is 0.332 e. The van der Waals surface area contributed by atoms with Crippen molar-refractivity contribution in [1.82, 2.24) is 10.3 Å². The lowest BCUT2D eigenvalue weighted by Crippen LogP contribution is -2.50. The van der Waals surface area contributed by atoms with Crippen LogP contribution in [0.2, 0.25) is 0 Å². The van der Waals surface area contributed by atoms with E-state index < -0.39 is 42.9 Å². The Bertz CT molecular complexity index is 845. The first-order chi connectivity index (χ1) is 15.1. The van der Waals surface area contributed by atoms with Crippen LogP contribution in [-0.2, 0) is 43.9 Å². The van der Waals surface area contributed by atoms with Gasteiger partial charge >= 0.3 is 19.5 Å². The van der Waals surface area contributed by atoms with Crippen molar-refractivity contribution in [3.8, 4) is 0 Å². The second-order valence-corrected chi connectivity index (χ2v) is 10.4. The van der Waals surface area contributed by atoms with E-state index in [0.29, 0.717) is 6.42 Å². The molecule has 1 aromatic heterocycles. The molecule has 1 unspecified atom stereocenters. The van der Waals surface area contributed by atoms with Crippen LogP contribution in [0.25, 0.3) is 0 Å². The van der Waals surface area contributed by atoms with E-state index in [1.165, 1.54) is 7.11 Å². The van der Waals surface area contributed by atoms with E-state index in [1.54, 1.807) is 33.0 Å². The molecule has 10 nitrogen and oxygen atoms in total. The highest BCUT2D eigenvalue weighted by Crippen LogP contribution is 2.57. The average molecular weight is 470 g/mol. The Labute approximate surface area is 187 Å². The molecular weight excluding hydrogens is 439 g/mol. The number of rotatable bonds is 10. The molecule has 1 aromatic rings. The van der Waals surface area contributed by atoms with Crippen LogP contribution >= 0.6 is 7.60 Å². The van der Waals surface area contributed by atoms with Gasteiger partial charge < -0.3 is 19.3 Å². The molecule has 3 atom stereocenters. The molecule has 1 N–H and O–H groups in total. The Balaban J connectivity index is 1.89. The number of ether oxygens (including phenoxy) is 2. The second kappa shape index (κ2) is 11.5. The molecule has 0 radical (unpaired) electrons. The van der Waals surface area contributed by atoms with E-state index >= 15 is 0 Å². The van der Waals surface area contributed by atoms with E-state index in [9.17, 15) is 18.9 Å². The normalized spacial score (nSPS) is 23.1. The number of amides is 1. The van der Waals surface area contributed by atoms with Crippen molar-refractivity contribution in [1.29, 1.82) is 0 Å². The summed E-state index contributed by atoms with van der Waals surface area (Å²) in [5.74, 6) is -2.26. The molecule has 0 bridgehead atoms. The first-order valence-corrected chi connectivity index (χ1v) is 12.1. The number of esters is 2. The van der Waals surface area contributed by atoms with Gasteiger partial charge in [0.05, 0.1) is 38.8 Å². The molecular formula is C21H31N2O8P. The highest BCUT2D eigenvalue weighted by molar-refractivity contribution is 7.54. The average Bonchev–Trinajstić information content (AvgIpc) is 2.76. The maximum atomic E-state index is 13.2. The number of carbonyl (C=O) groups excluding carboxylic acids is 3. The van der Waals surface area contributed by atoms with Crippen molar-refractivity contribution in [3.05, 3.63) is 30.1 Å². The van der Waals surface area contributed by atoms with Crippen LogP contribution in [0.15, 0.2) is 24.4 Å². The van der Waals surface area contributed by atoms with E-state index in [4.69, 9.17) is 13.8 Å². The number of hydrogen-bond donors (Lipinski definition) is 1. The Morgan fingerprint density at radius 2 is 2.09 bits per heavy atom. The lowest BCUT2D eigenvalue weighted by Gasteiger charge is -2.40. The minimum atomic E-state index is -3.73. The maximum Gasteiger partial charge on any atom is 0.332 e. The topological polar surface area (TPSA) is 130 Å². The number of aromatic nitrogens is 1. The van der Waals surface area contributed by atoms with Gasteiger partial charge in [-0.3, -0.25) is 28.5 Å². The molecule has 1 fully saturated rings. The van der Waals surface area contributed by atoms with Crippen LogP contribution in [-0.4, -0.2) is 62.0 Å². The van der Waals surface area contributed by atoms with Crippen LogP contribution in [0.3, 0.4) is 0 Å². The molecule has 0 aliphatic carbocycles. The van der Waals surface area contributed by atoms with Crippen LogP contribution in [0, 0.1) is 11.3 Å². The molecule has 2 rings (SSSR count). The van der Waals surface area contributed by atoms with Gasteiger partial charge in [-0.15, -0.1) is 0 Å². The molecule has 0 aromatic carbocycles. The molecule has 178 valence electrons. The fraction of sp³-hybridized carbons (Fsp3) is 0.619. The fourth-order valence-corrected chi connectivity index (χ4v) is 5.31. The number of nitrogens with one attached hydrogen (secondary N) is 1. The number of carbonyl (C=O) groups is 3. The molecule has 2 heterocycles. The van der Waals surface area contributed by atoms with Crippen LogP contribution in [0.1, 0.15) is 32.9 Å². The zero-order chi connectivity index (χ0) is 23.8. The Hall–Kier alpha value is -2.29. The predicted octanol–water partition coefficient (Wildman–Crippen LogP) is 2.12. The van der Waals surface area contributed by atoms with Crippen molar-refractivity contribution in [2.24, 2.45) is 11.3 Å². The number of hydrogen-bond acceptors (Lipinski definition) is 9. The summed E-state index contributed by atoms with van der Waals surface area (Å²) in [6, 6.07) is 5.48. The van der Waals surface area contributed by atoms with E-state index in [-0.39, 0.29) is 32.3 Å². The summed E-state index contributed by atoms with van der Waals surface area (Å²) in [6.07, 6.45) is 0.855. The highest BCUT2D eigenvalue weighted by atomic mass is 31.2. The van der Waals surface area contributed by atoms with Gasteiger partial charge in [-0.1, -0.05) is 26.8 Å². The van der Waals surface area contributed by atoms with Crippen molar-refractivity contribution >= 4 is 25.4 Å². The van der Waals surface area contributed by atoms with Gasteiger partial charge in [0, 0.05) is 30.3 Å². The van der Waals surface area contributed by atoms with Gasteiger partial charge in [-0.05, 0) is 12.1 Å². The zero-order valence-electron chi connectivity index (χ0n) is 18.9. The summed E-state index contributed by atoms with van der Waals surface area (Å²) >= 11 is 0. The molecule has 1 aliphatic rings. The molecule has 0 saturated carbocycles. The van der Waals surface area contributed by atoms with E-state index in [2.05, 4.69) is 15.0 Å². The summed E-state index contributed by atoms with van der Waals surface area (Å²) in [4.78, 5) is 40.3. The number of methoxy groups -OCH3 is 1. The van der Waals surface area contributed by atoms with Crippen LogP contribution < -0.4 is 5.32 Å². The summed E-state index contributed by atoms with van der Waals surface area (Å²) in [5, 5.41) is 2.59. The van der Waals surface area contributed by atoms with E-state index in [1.807, 2.05) is 12.1 Å². The molecule has 1 saturated heterocycles. The van der Waals surface area contributed by atoms with Crippen LogP contribution in [0.5, 0.6) is 0 Å². The molecule has 1 aliphatic heterocycles. The Kier molecular flexibility index (Phi) is 9.36.